The van der Waals surface area contributed by atoms with E-state index in [1.165, 1.54) is 17.0 Å². The van der Waals surface area contributed by atoms with Gasteiger partial charge in [0.25, 0.3) is 5.91 Å². The highest BCUT2D eigenvalue weighted by atomic mass is 19.4. The molecule has 1 aliphatic rings. The molecule has 9 heteroatoms. The van der Waals surface area contributed by atoms with Crippen LogP contribution in [-0.4, -0.2) is 53.8 Å². The van der Waals surface area contributed by atoms with Crippen LogP contribution in [0.25, 0.3) is 0 Å². The summed E-state index contributed by atoms with van der Waals surface area (Å²) < 4.78 is 48.8. The fourth-order valence-corrected chi connectivity index (χ4v) is 2.35. The monoisotopic (exact) mass is 347 g/mol. The lowest BCUT2D eigenvalue weighted by Crippen LogP contribution is -2.52. The van der Waals surface area contributed by atoms with Gasteiger partial charge in [-0.15, -0.1) is 0 Å². The van der Waals surface area contributed by atoms with Gasteiger partial charge in [-0.2, -0.15) is 13.2 Å². The van der Waals surface area contributed by atoms with Gasteiger partial charge in [-0.3, -0.25) is 4.79 Å². The molecule has 1 aliphatic heterocycles. The maximum Gasteiger partial charge on any atom is 0.419 e. The number of carbonyl (C=O) groups excluding carboxylic acids is 1. The molecule has 1 unspecified atom stereocenters. The van der Waals surface area contributed by atoms with Crippen LogP contribution in [0.5, 0.6) is 5.75 Å². The van der Waals surface area contributed by atoms with Gasteiger partial charge in [-0.25, -0.2) is 4.79 Å². The van der Waals surface area contributed by atoms with Gasteiger partial charge < -0.3 is 19.5 Å². The highest BCUT2D eigenvalue weighted by Gasteiger charge is 2.35. The van der Waals surface area contributed by atoms with Gasteiger partial charge in [0.2, 0.25) is 0 Å². The Bertz CT molecular complexity index is 619. The minimum atomic E-state index is -4.60. The number of para-hydroxylation sites is 1. The minimum absolute atomic E-state index is 0.146. The number of carbonyl (C=O) groups is 2. The first-order valence-corrected chi connectivity index (χ1v) is 7.13. The summed E-state index contributed by atoms with van der Waals surface area (Å²) in [5.74, 6) is -2.26. The molecule has 0 bridgehead atoms. The van der Waals surface area contributed by atoms with Crippen LogP contribution < -0.4 is 4.74 Å². The van der Waals surface area contributed by atoms with Crippen molar-refractivity contribution in [3.05, 3.63) is 29.8 Å². The number of nitrogens with zero attached hydrogens (tertiary/aromatic N) is 1. The van der Waals surface area contributed by atoms with Crippen LogP contribution in [0.3, 0.4) is 0 Å². The Morgan fingerprint density at radius 1 is 1.33 bits per heavy atom. The Morgan fingerprint density at radius 2 is 2.00 bits per heavy atom. The van der Waals surface area contributed by atoms with E-state index in [2.05, 4.69) is 0 Å². The number of carboxylic acids is 1. The van der Waals surface area contributed by atoms with E-state index in [0.717, 1.165) is 12.1 Å². The minimum Gasteiger partial charge on any atom is -0.483 e. The average molecular weight is 347 g/mol. The summed E-state index contributed by atoms with van der Waals surface area (Å²) in [6.45, 7) is 0.955. The molecule has 0 spiro atoms. The van der Waals surface area contributed by atoms with E-state index in [9.17, 15) is 22.8 Å². The van der Waals surface area contributed by atoms with Crippen LogP contribution in [0.15, 0.2) is 24.3 Å². The SMILES string of the molecule is C[C@@H]1CN(C(=O)COc2ccccc2C(F)(F)F)CC(C(=O)O)O1. The molecule has 0 aromatic heterocycles. The number of aliphatic carboxylic acids is 1. The molecule has 1 aromatic carbocycles. The van der Waals surface area contributed by atoms with Crippen molar-refractivity contribution >= 4 is 11.9 Å². The highest BCUT2D eigenvalue weighted by Crippen LogP contribution is 2.35. The van der Waals surface area contributed by atoms with Crippen LogP contribution in [0.2, 0.25) is 0 Å². The highest BCUT2D eigenvalue weighted by molar-refractivity contribution is 5.80. The number of ether oxygens (including phenoxy) is 2. The molecule has 24 heavy (non-hydrogen) atoms. The second-order valence-electron chi connectivity index (χ2n) is 5.35. The molecule has 2 atom stereocenters. The molecule has 6 nitrogen and oxygen atoms in total. The van der Waals surface area contributed by atoms with Crippen LogP contribution >= 0.6 is 0 Å². The zero-order valence-corrected chi connectivity index (χ0v) is 12.7. The predicted molar refractivity (Wildman–Crippen MR) is 75.5 cm³/mol. The lowest BCUT2D eigenvalue weighted by Gasteiger charge is -2.34. The van der Waals surface area contributed by atoms with E-state index in [1.807, 2.05) is 0 Å². The molecule has 1 heterocycles. The van der Waals surface area contributed by atoms with Gasteiger partial charge in [-0.1, -0.05) is 12.1 Å². The number of hydrogen-bond acceptors (Lipinski definition) is 4. The molecule has 1 N–H and O–H groups in total. The summed E-state index contributed by atoms with van der Waals surface area (Å²) >= 11 is 0. The van der Waals surface area contributed by atoms with Gasteiger partial charge in [0.15, 0.2) is 12.7 Å². The number of amides is 1. The van der Waals surface area contributed by atoms with E-state index >= 15 is 0 Å². The van der Waals surface area contributed by atoms with E-state index < -0.39 is 48.2 Å². The molecule has 1 amide bonds. The van der Waals surface area contributed by atoms with Crippen LogP contribution in [0.4, 0.5) is 13.2 Å². The summed E-state index contributed by atoms with van der Waals surface area (Å²) in [5.41, 5.74) is -0.975. The second-order valence-corrected chi connectivity index (χ2v) is 5.35. The average Bonchev–Trinajstić information content (AvgIpc) is 2.51. The van der Waals surface area contributed by atoms with Crippen LogP contribution in [-0.2, 0) is 20.5 Å². The molecule has 2 rings (SSSR count). The molecule has 1 fully saturated rings. The first-order valence-electron chi connectivity index (χ1n) is 7.13. The quantitative estimate of drug-likeness (QED) is 0.899. The summed E-state index contributed by atoms with van der Waals surface area (Å²) in [5, 5.41) is 8.97. The summed E-state index contributed by atoms with van der Waals surface area (Å²) in [6.07, 6.45) is -6.26. The molecule has 0 radical (unpaired) electrons. The molecular weight excluding hydrogens is 331 g/mol. The number of morpholine rings is 1. The zero-order valence-electron chi connectivity index (χ0n) is 12.7. The topological polar surface area (TPSA) is 76.1 Å². The fraction of sp³-hybridized carbons (Fsp3) is 0.467. The first-order chi connectivity index (χ1) is 11.2. The van der Waals surface area contributed by atoms with Crippen molar-refractivity contribution in [3.63, 3.8) is 0 Å². The Kier molecular flexibility index (Phi) is 5.33. The fourth-order valence-electron chi connectivity index (χ4n) is 2.35. The maximum atomic E-state index is 12.9. The number of hydrogen-bond donors (Lipinski definition) is 1. The molecule has 132 valence electrons. The summed E-state index contributed by atoms with van der Waals surface area (Å²) in [4.78, 5) is 24.3. The van der Waals surface area contributed by atoms with Crippen molar-refractivity contribution in [2.24, 2.45) is 0 Å². The lowest BCUT2D eigenvalue weighted by atomic mass is 10.2. The Labute approximate surface area is 135 Å². The third-order valence-electron chi connectivity index (χ3n) is 3.43. The van der Waals surface area contributed by atoms with Crippen molar-refractivity contribution in [2.75, 3.05) is 19.7 Å². The van der Waals surface area contributed by atoms with E-state index in [0.29, 0.717) is 0 Å². The van der Waals surface area contributed by atoms with Gasteiger partial charge >= 0.3 is 12.1 Å². The summed E-state index contributed by atoms with van der Waals surface area (Å²) in [6, 6.07) is 4.57. The number of carboxylic acid groups (broad SMARTS) is 1. The largest absolute Gasteiger partial charge is 0.483 e. The zero-order chi connectivity index (χ0) is 17.9. The van der Waals surface area contributed by atoms with E-state index in [-0.39, 0.29) is 13.1 Å². The first kappa shape index (κ1) is 18.1. The van der Waals surface area contributed by atoms with Crippen molar-refractivity contribution in [1.29, 1.82) is 0 Å². The third-order valence-corrected chi connectivity index (χ3v) is 3.43. The lowest BCUT2D eigenvalue weighted by molar-refractivity contribution is -0.167. The van der Waals surface area contributed by atoms with Gasteiger partial charge in [0.05, 0.1) is 18.2 Å². The Balaban J connectivity index is 2.02. The van der Waals surface area contributed by atoms with Crippen molar-refractivity contribution in [3.8, 4) is 5.75 Å². The second kappa shape index (κ2) is 7.08. The standard InChI is InChI=1S/C15H16F3NO5/c1-9-6-19(7-12(24-9)14(21)22)13(20)8-23-11-5-3-2-4-10(11)15(16,17)18/h2-5,9,12H,6-8H2,1H3,(H,21,22)/t9-,12?/m1/s1. The predicted octanol–water partition coefficient (Wildman–Crippen LogP) is 1.78. The van der Waals surface area contributed by atoms with Crippen LogP contribution in [0, 0.1) is 0 Å². The molecule has 1 saturated heterocycles. The maximum absolute atomic E-state index is 12.9. The van der Waals surface area contributed by atoms with E-state index in [1.54, 1.807) is 6.92 Å². The van der Waals surface area contributed by atoms with Gasteiger partial charge in [0.1, 0.15) is 5.75 Å². The molecule has 1 aromatic rings. The Morgan fingerprint density at radius 3 is 2.62 bits per heavy atom. The number of rotatable bonds is 4. The van der Waals surface area contributed by atoms with Crippen molar-refractivity contribution in [2.45, 2.75) is 25.3 Å². The van der Waals surface area contributed by atoms with Crippen molar-refractivity contribution in [1.82, 2.24) is 4.90 Å². The number of alkyl halides is 3. The van der Waals surface area contributed by atoms with E-state index in [4.69, 9.17) is 14.6 Å². The van der Waals surface area contributed by atoms with Crippen molar-refractivity contribution < 1.29 is 37.3 Å². The summed E-state index contributed by atoms with van der Waals surface area (Å²) in [7, 11) is 0. The molecule has 0 aliphatic carbocycles. The third kappa shape index (κ3) is 4.38. The smallest absolute Gasteiger partial charge is 0.419 e. The van der Waals surface area contributed by atoms with Crippen LogP contribution in [0.1, 0.15) is 12.5 Å². The number of halogens is 3. The molecule has 0 saturated carbocycles. The normalized spacial score (nSPS) is 21.4. The molecular formula is C15H16F3NO5. The van der Waals surface area contributed by atoms with Gasteiger partial charge in [0, 0.05) is 6.54 Å². The Hall–Kier alpha value is -2.29. The van der Waals surface area contributed by atoms with Gasteiger partial charge in [-0.05, 0) is 19.1 Å². The number of benzene rings is 1.